The lowest BCUT2D eigenvalue weighted by atomic mass is 9.96. The predicted molar refractivity (Wildman–Crippen MR) is 192 cm³/mol. The summed E-state index contributed by atoms with van der Waals surface area (Å²) in [5.41, 5.74) is 8.38. The van der Waals surface area contributed by atoms with Gasteiger partial charge in [-0.25, -0.2) is 4.98 Å². The second-order valence-electron chi connectivity index (χ2n) is 11.6. The van der Waals surface area contributed by atoms with Crippen molar-refractivity contribution in [2.24, 2.45) is 0 Å². The highest BCUT2D eigenvalue weighted by Gasteiger charge is 2.23. The summed E-state index contributed by atoms with van der Waals surface area (Å²) in [6, 6.07) is 57.6. The molecule has 0 aliphatic heterocycles. The van der Waals surface area contributed by atoms with E-state index in [1.807, 2.05) is 12.3 Å². The molecule has 0 atom stereocenters. The second kappa shape index (κ2) is 10.8. The summed E-state index contributed by atoms with van der Waals surface area (Å²) < 4.78 is 6.71. The van der Waals surface area contributed by atoms with Gasteiger partial charge in [0.15, 0.2) is 11.4 Å². The molecule has 0 spiro atoms. The molecule has 0 unspecified atom stereocenters. The molecule has 9 rings (SSSR count). The van der Waals surface area contributed by atoms with Gasteiger partial charge >= 0.3 is 0 Å². The van der Waals surface area contributed by atoms with Crippen LogP contribution < -0.4 is 4.90 Å². The molecular formula is C43H28N2O. The molecule has 0 aliphatic rings. The molecule has 2 heterocycles. The molecule has 0 bridgehead atoms. The minimum absolute atomic E-state index is 0.753. The van der Waals surface area contributed by atoms with Crippen molar-refractivity contribution in [3.8, 4) is 22.3 Å². The number of rotatable bonds is 5. The molecule has 0 amide bonds. The van der Waals surface area contributed by atoms with E-state index in [1.54, 1.807) is 0 Å². The normalized spacial score (nSPS) is 11.5. The highest BCUT2D eigenvalue weighted by molar-refractivity contribution is 6.21. The van der Waals surface area contributed by atoms with Crippen molar-refractivity contribution < 1.29 is 4.42 Å². The summed E-state index contributed by atoms with van der Waals surface area (Å²) in [7, 11) is 0. The molecule has 0 fully saturated rings. The number of hydrogen-bond donors (Lipinski definition) is 0. The fourth-order valence-corrected chi connectivity index (χ4v) is 6.77. The third-order valence-electron chi connectivity index (χ3n) is 8.93. The van der Waals surface area contributed by atoms with E-state index in [0.29, 0.717) is 0 Å². The van der Waals surface area contributed by atoms with Crippen molar-refractivity contribution in [1.82, 2.24) is 4.98 Å². The standard InChI is InChI=1S/C43H28N2O/c1-3-11-29(12-4-1)30-19-22-33(23-20-30)45(39-25-24-34(31-13-5-2-6-14-31)36-17-9-10-18-37(36)39)43-42-38(27-28-44-43)41-35-16-8-7-15-32(35)21-26-40(41)46-42/h1-28H. The van der Waals surface area contributed by atoms with E-state index in [9.17, 15) is 0 Å². The van der Waals surface area contributed by atoms with Crippen molar-refractivity contribution in [1.29, 1.82) is 0 Å². The molecule has 0 saturated carbocycles. The number of fused-ring (bicyclic) bond motifs is 6. The minimum Gasteiger partial charge on any atom is -0.452 e. The van der Waals surface area contributed by atoms with Gasteiger partial charge in [-0.15, -0.1) is 0 Å². The molecule has 3 nitrogen and oxygen atoms in total. The lowest BCUT2D eigenvalue weighted by molar-refractivity contribution is 0.667. The molecule has 2 aromatic heterocycles. The monoisotopic (exact) mass is 588 g/mol. The summed E-state index contributed by atoms with van der Waals surface area (Å²) >= 11 is 0. The Labute approximate surface area is 266 Å². The average molecular weight is 589 g/mol. The van der Waals surface area contributed by atoms with Crippen LogP contribution in [0.5, 0.6) is 0 Å². The number of furan rings is 1. The molecule has 0 N–H and O–H groups in total. The first-order valence-electron chi connectivity index (χ1n) is 15.6. The highest BCUT2D eigenvalue weighted by atomic mass is 16.3. The van der Waals surface area contributed by atoms with Crippen LogP contribution in [0.4, 0.5) is 17.2 Å². The number of anilines is 3. The zero-order valence-electron chi connectivity index (χ0n) is 25.0. The first-order valence-corrected chi connectivity index (χ1v) is 15.6. The van der Waals surface area contributed by atoms with Crippen LogP contribution in [0.15, 0.2) is 174 Å². The first kappa shape index (κ1) is 26.2. The third kappa shape index (κ3) is 4.25. The van der Waals surface area contributed by atoms with Crippen LogP contribution in [0.3, 0.4) is 0 Å². The molecule has 0 saturated heterocycles. The Morgan fingerprint density at radius 3 is 1.89 bits per heavy atom. The predicted octanol–water partition coefficient (Wildman–Crippen LogP) is 12.1. The van der Waals surface area contributed by atoms with Gasteiger partial charge in [0.1, 0.15) is 5.58 Å². The van der Waals surface area contributed by atoms with Crippen molar-refractivity contribution >= 4 is 60.7 Å². The van der Waals surface area contributed by atoms with Gasteiger partial charge in [-0.05, 0) is 68.7 Å². The van der Waals surface area contributed by atoms with E-state index in [1.165, 1.54) is 32.8 Å². The van der Waals surface area contributed by atoms with Gasteiger partial charge < -0.3 is 4.42 Å². The maximum Gasteiger partial charge on any atom is 0.181 e. The molecule has 46 heavy (non-hydrogen) atoms. The van der Waals surface area contributed by atoms with Gasteiger partial charge in [-0.2, -0.15) is 0 Å². The molecule has 7 aromatic carbocycles. The van der Waals surface area contributed by atoms with Crippen molar-refractivity contribution in [2.75, 3.05) is 4.90 Å². The number of aromatic nitrogens is 1. The van der Waals surface area contributed by atoms with Gasteiger partial charge in [-0.3, -0.25) is 4.90 Å². The van der Waals surface area contributed by atoms with Crippen LogP contribution >= 0.6 is 0 Å². The van der Waals surface area contributed by atoms with Crippen LogP contribution in [0.2, 0.25) is 0 Å². The maximum absolute atomic E-state index is 6.71. The molecule has 216 valence electrons. The van der Waals surface area contributed by atoms with Gasteiger partial charge in [-0.1, -0.05) is 133 Å². The lowest BCUT2D eigenvalue weighted by Crippen LogP contribution is -2.12. The maximum atomic E-state index is 6.71. The topological polar surface area (TPSA) is 29.3 Å². The van der Waals surface area contributed by atoms with Gasteiger partial charge in [0.25, 0.3) is 0 Å². The highest BCUT2D eigenvalue weighted by Crippen LogP contribution is 2.45. The fourth-order valence-electron chi connectivity index (χ4n) is 6.77. The van der Waals surface area contributed by atoms with Crippen LogP contribution in [0, 0.1) is 0 Å². The average Bonchev–Trinajstić information content (AvgIpc) is 3.53. The van der Waals surface area contributed by atoms with E-state index >= 15 is 0 Å². The zero-order chi connectivity index (χ0) is 30.5. The first-order chi connectivity index (χ1) is 22.8. The molecule has 3 heteroatoms. The molecule has 9 aromatic rings. The Morgan fingerprint density at radius 2 is 1.11 bits per heavy atom. The smallest absolute Gasteiger partial charge is 0.181 e. The fraction of sp³-hybridized carbons (Fsp3) is 0. The second-order valence-corrected chi connectivity index (χ2v) is 11.6. The zero-order valence-corrected chi connectivity index (χ0v) is 25.0. The van der Waals surface area contributed by atoms with E-state index in [2.05, 4.69) is 163 Å². The minimum atomic E-state index is 0.753. The molecule has 0 aliphatic carbocycles. The van der Waals surface area contributed by atoms with Crippen molar-refractivity contribution in [3.63, 3.8) is 0 Å². The summed E-state index contributed by atoms with van der Waals surface area (Å²) in [5.74, 6) is 0.753. The van der Waals surface area contributed by atoms with Gasteiger partial charge in [0.05, 0.1) is 5.69 Å². The van der Waals surface area contributed by atoms with Crippen LogP contribution in [0.25, 0.3) is 65.7 Å². The number of benzene rings is 7. The van der Waals surface area contributed by atoms with Gasteiger partial charge in [0, 0.05) is 28.0 Å². The molecule has 0 radical (unpaired) electrons. The summed E-state index contributed by atoms with van der Waals surface area (Å²) in [4.78, 5) is 7.28. The van der Waals surface area contributed by atoms with Crippen LogP contribution in [-0.4, -0.2) is 4.98 Å². The van der Waals surface area contributed by atoms with Crippen molar-refractivity contribution in [2.45, 2.75) is 0 Å². The number of pyridine rings is 1. The summed E-state index contributed by atoms with van der Waals surface area (Å²) in [5, 5.41) is 6.84. The Bertz CT molecular complexity index is 2520. The van der Waals surface area contributed by atoms with Crippen molar-refractivity contribution in [3.05, 3.63) is 170 Å². The number of hydrogen-bond acceptors (Lipinski definition) is 3. The largest absolute Gasteiger partial charge is 0.452 e. The van der Waals surface area contributed by atoms with Gasteiger partial charge in [0.2, 0.25) is 0 Å². The van der Waals surface area contributed by atoms with E-state index < -0.39 is 0 Å². The third-order valence-corrected chi connectivity index (χ3v) is 8.93. The van der Waals surface area contributed by atoms with E-state index in [4.69, 9.17) is 9.40 Å². The Kier molecular flexibility index (Phi) is 6.14. The summed E-state index contributed by atoms with van der Waals surface area (Å²) in [6.07, 6.45) is 1.90. The Morgan fingerprint density at radius 1 is 0.457 bits per heavy atom. The van der Waals surface area contributed by atoms with E-state index in [0.717, 1.165) is 50.1 Å². The SMILES string of the molecule is c1ccc(-c2ccc(N(c3ccc(-c4ccccc4)c4ccccc34)c3nccc4c3oc3ccc5ccccc5c34)cc2)cc1. The lowest BCUT2D eigenvalue weighted by Gasteiger charge is -2.26. The summed E-state index contributed by atoms with van der Waals surface area (Å²) in [6.45, 7) is 0. The molecular weight excluding hydrogens is 560 g/mol. The number of nitrogens with zero attached hydrogens (tertiary/aromatic N) is 2. The Balaban J connectivity index is 1.32. The van der Waals surface area contributed by atoms with E-state index in [-0.39, 0.29) is 0 Å². The van der Waals surface area contributed by atoms with Crippen LogP contribution in [0.1, 0.15) is 0 Å². The Hall–Kier alpha value is -6.19. The quantitative estimate of drug-likeness (QED) is 0.200. The van der Waals surface area contributed by atoms with Crippen LogP contribution in [-0.2, 0) is 0 Å².